The topological polar surface area (TPSA) is 50.1 Å². The number of rotatable bonds is 4. The van der Waals surface area contributed by atoms with E-state index in [1.807, 2.05) is 41.4 Å². The Hall–Kier alpha value is -3.51. The highest BCUT2D eigenvalue weighted by molar-refractivity contribution is 5.80. The Balaban J connectivity index is 1.36. The van der Waals surface area contributed by atoms with Crippen LogP contribution in [0.5, 0.6) is 0 Å². The quantitative estimate of drug-likeness (QED) is 0.508. The number of aromatic nitrogens is 4. The van der Waals surface area contributed by atoms with Crippen LogP contribution in [-0.4, -0.2) is 57.9 Å². The number of hydrogen-bond acceptors (Lipinski definition) is 5. The molecule has 5 rings (SSSR count). The Bertz CT molecular complexity index is 1220. The number of para-hydroxylation sites is 1. The number of nitrogens with zero attached hydrogens (tertiary/aromatic N) is 6. The van der Waals surface area contributed by atoms with Crippen molar-refractivity contribution in [3.05, 3.63) is 77.9 Å². The molecule has 2 aromatic heterocycles. The van der Waals surface area contributed by atoms with Crippen molar-refractivity contribution < 1.29 is 0 Å². The molecule has 3 heterocycles. The van der Waals surface area contributed by atoms with Crippen LogP contribution in [-0.2, 0) is 0 Å². The zero-order valence-electron chi connectivity index (χ0n) is 17.9. The van der Waals surface area contributed by atoms with Crippen LogP contribution in [0.2, 0.25) is 0 Å². The van der Waals surface area contributed by atoms with Gasteiger partial charge in [0, 0.05) is 43.1 Å². The third kappa shape index (κ3) is 4.07. The van der Waals surface area contributed by atoms with Crippen molar-refractivity contribution in [2.24, 2.45) is 0 Å². The summed E-state index contributed by atoms with van der Waals surface area (Å²) in [6.45, 7) is 6.35. The monoisotopic (exact) mass is 410 g/mol. The highest BCUT2D eigenvalue weighted by Gasteiger charge is 2.15. The average Bonchev–Trinajstić information content (AvgIpc) is 3.18. The van der Waals surface area contributed by atoms with Gasteiger partial charge in [-0.2, -0.15) is 5.10 Å². The van der Waals surface area contributed by atoms with Crippen LogP contribution in [0.25, 0.3) is 28.9 Å². The van der Waals surface area contributed by atoms with Crippen LogP contribution < -0.4 is 4.90 Å². The van der Waals surface area contributed by atoms with E-state index in [2.05, 4.69) is 70.3 Å². The van der Waals surface area contributed by atoms with E-state index in [9.17, 15) is 0 Å². The van der Waals surface area contributed by atoms with Gasteiger partial charge in [0.05, 0.1) is 34.8 Å². The number of benzene rings is 2. The second kappa shape index (κ2) is 8.32. The first-order valence-corrected chi connectivity index (χ1v) is 10.7. The Morgan fingerprint density at radius 3 is 2.45 bits per heavy atom. The molecule has 2 aromatic carbocycles. The summed E-state index contributed by atoms with van der Waals surface area (Å²) in [4.78, 5) is 14.2. The van der Waals surface area contributed by atoms with E-state index in [1.54, 1.807) is 0 Å². The minimum Gasteiger partial charge on any atom is -0.369 e. The van der Waals surface area contributed by atoms with Gasteiger partial charge in [-0.3, -0.25) is 4.98 Å². The van der Waals surface area contributed by atoms with Gasteiger partial charge in [-0.15, -0.1) is 0 Å². The van der Waals surface area contributed by atoms with Crippen molar-refractivity contribution >= 4 is 28.9 Å². The number of fused-ring (bicyclic) bond motifs is 1. The summed E-state index contributed by atoms with van der Waals surface area (Å²) in [5.74, 6) is 0. The molecule has 0 bridgehead atoms. The first kappa shape index (κ1) is 19.5. The molecule has 1 aliphatic rings. The van der Waals surface area contributed by atoms with Gasteiger partial charge in [0.1, 0.15) is 0 Å². The maximum absolute atomic E-state index is 4.78. The van der Waals surface area contributed by atoms with Gasteiger partial charge >= 0.3 is 0 Å². The van der Waals surface area contributed by atoms with E-state index in [0.717, 1.165) is 59.9 Å². The summed E-state index contributed by atoms with van der Waals surface area (Å²) >= 11 is 0. The summed E-state index contributed by atoms with van der Waals surface area (Å²) in [6.07, 6.45) is 7.77. The lowest BCUT2D eigenvalue weighted by Crippen LogP contribution is -2.44. The van der Waals surface area contributed by atoms with Gasteiger partial charge < -0.3 is 9.80 Å². The summed E-state index contributed by atoms with van der Waals surface area (Å²) < 4.78 is 1.95. The van der Waals surface area contributed by atoms with Crippen LogP contribution in [0.1, 0.15) is 17.0 Å². The average molecular weight is 411 g/mol. The first-order valence-electron chi connectivity index (χ1n) is 10.7. The fraction of sp³-hybridized carbons (Fsp3) is 0.240. The van der Waals surface area contributed by atoms with Crippen LogP contribution in [0.15, 0.2) is 60.9 Å². The lowest BCUT2D eigenvalue weighted by Gasteiger charge is -2.34. The predicted molar refractivity (Wildman–Crippen MR) is 126 cm³/mol. The molecule has 0 amide bonds. The van der Waals surface area contributed by atoms with E-state index >= 15 is 0 Å². The first-order chi connectivity index (χ1) is 15.2. The van der Waals surface area contributed by atoms with Crippen molar-refractivity contribution in [1.82, 2.24) is 24.6 Å². The molecule has 4 aromatic rings. The molecule has 0 atom stereocenters. The number of hydrogen-bond donors (Lipinski definition) is 0. The molecule has 6 nitrogen and oxygen atoms in total. The predicted octanol–water partition coefficient (Wildman–Crippen LogP) is 4.05. The van der Waals surface area contributed by atoms with E-state index in [-0.39, 0.29) is 0 Å². The highest BCUT2D eigenvalue weighted by atomic mass is 15.3. The summed E-state index contributed by atoms with van der Waals surface area (Å²) in [7, 11) is 2.17. The third-order valence-electron chi connectivity index (χ3n) is 5.90. The van der Waals surface area contributed by atoms with Crippen molar-refractivity contribution in [2.75, 3.05) is 38.1 Å². The standard InChI is InChI=1S/C25H26N6/c1-19-20(17-27-31(19)22-6-4-3-5-7-22)8-9-21-18-26-25-16-23(10-11-24(25)28-21)30-14-12-29(2)13-15-30/h3-11,16-18H,12-15H2,1-2H3. The number of anilines is 1. The Labute approximate surface area is 182 Å². The molecular formula is C25H26N6. The smallest absolute Gasteiger partial charge is 0.0907 e. The lowest BCUT2D eigenvalue weighted by molar-refractivity contribution is 0.313. The fourth-order valence-electron chi connectivity index (χ4n) is 3.95. The molecule has 0 saturated carbocycles. The van der Waals surface area contributed by atoms with Crippen LogP contribution >= 0.6 is 0 Å². The summed E-state index contributed by atoms with van der Waals surface area (Å²) in [5.41, 5.74) is 7.12. The molecule has 0 unspecified atom stereocenters. The Morgan fingerprint density at radius 2 is 1.65 bits per heavy atom. The zero-order valence-corrected chi connectivity index (χ0v) is 17.9. The van der Waals surface area contributed by atoms with Gasteiger partial charge in [-0.1, -0.05) is 18.2 Å². The minimum atomic E-state index is 0.840. The van der Waals surface area contributed by atoms with Crippen molar-refractivity contribution in [3.8, 4) is 5.69 Å². The van der Waals surface area contributed by atoms with E-state index in [4.69, 9.17) is 4.98 Å². The normalized spacial score (nSPS) is 15.2. The van der Waals surface area contributed by atoms with Gasteiger partial charge in [-0.05, 0) is 56.5 Å². The largest absolute Gasteiger partial charge is 0.369 e. The van der Waals surface area contributed by atoms with E-state index < -0.39 is 0 Å². The number of likely N-dealkylation sites (N-methyl/N-ethyl adjacent to an activating group) is 1. The van der Waals surface area contributed by atoms with Crippen molar-refractivity contribution in [3.63, 3.8) is 0 Å². The maximum Gasteiger partial charge on any atom is 0.0907 e. The van der Waals surface area contributed by atoms with Gasteiger partial charge in [-0.25, -0.2) is 9.67 Å². The van der Waals surface area contributed by atoms with Crippen LogP contribution in [0.4, 0.5) is 5.69 Å². The second-order valence-corrected chi connectivity index (χ2v) is 8.02. The molecule has 0 radical (unpaired) electrons. The van der Waals surface area contributed by atoms with Gasteiger partial charge in [0.25, 0.3) is 0 Å². The minimum absolute atomic E-state index is 0.840. The van der Waals surface area contributed by atoms with E-state index in [1.165, 1.54) is 5.69 Å². The summed E-state index contributed by atoms with van der Waals surface area (Å²) in [6, 6.07) is 16.5. The van der Waals surface area contributed by atoms with Gasteiger partial charge in [0.15, 0.2) is 0 Å². The molecular weight excluding hydrogens is 384 g/mol. The second-order valence-electron chi connectivity index (χ2n) is 8.02. The molecule has 1 aliphatic heterocycles. The lowest BCUT2D eigenvalue weighted by atomic mass is 10.2. The van der Waals surface area contributed by atoms with Crippen LogP contribution in [0.3, 0.4) is 0 Å². The third-order valence-corrected chi connectivity index (χ3v) is 5.90. The fourth-order valence-corrected chi connectivity index (χ4v) is 3.95. The number of piperazine rings is 1. The molecule has 0 N–H and O–H groups in total. The molecule has 1 fully saturated rings. The van der Waals surface area contributed by atoms with Crippen molar-refractivity contribution in [2.45, 2.75) is 6.92 Å². The SMILES string of the molecule is Cc1c(C=Cc2cnc3cc(N4CCN(C)CC4)ccc3n2)cnn1-c1ccccc1. The maximum atomic E-state index is 4.78. The Kier molecular flexibility index (Phi) is 5.22. The highest BCUT2D eigenvalue weighted by Crippen LogP contribution is 2.22. The van der Waals surface area contributed by atoms with Crippen molar-refractivity contribution in [1.29, 1.82) is 0 Å². The zero-order chi connectivity index (χ0) is 21.2. The molecule has 31 heavy (non-hydrogen) atoms. The van der Waals surface area contributed by atoms with E-state index in [0.29, 0.717) is 0 Å². The molecule has 0 aliphatic carbocycles. The molecule has 0 spiro atoms. The molecule has 156 valence electrons. The summed E-state index contributed by atoms with van der Waals surface area (Å²) in [5, 5.41) is 4.53. The van der Waals surface area contributed by atoms with Crippen LogP contribution in [0, 0.1) is 6.92 Å². The molecule has 6 heteroatoms. The van der Waals surface area contributed by atoms with Gasteiger partial charge in [0.2, 0.25) is 0 Å². The molecule has 1 saturated heterocycles. The Morgan fingerprint density at radius 1 is 0.839 bits per heavy atom.